The summed E-state index contributed by atoms with van der Waals surface area (Å²) in [6.07, 6.45) is 3.86. The second-order valence-corrected chi connectivity index (χ2v) is 5.03. The Labute approximate surface area is 102 Å². The fraction of sp³-hybridized carbons (Fsp3) is 0.538. The van der Waals surface area contributed by atoms with Crippen molar-refractivity contribution in [3.63, 3.8) is 0 Å². The lowest BCUT2D eigenvalue weighted by Gasteiger charge is -2.25. The van der Waals surface area contributed by atoms with Crippen molar-refractivity contribution in [2.24, 2.45) is 5.92 Å². The highest BCUT2D eigenvalue weighted by atomic mass is 35.5. The molecule has 0 unspecified atom stereocenters. The van der Waals surface area contributed by atoms with E-state index in [1.54, 1.807) is 0 Å². The second-order valence-electron chi connectivity index (χ2n) is 4.59. The van der Waals surface area contributed by atoms with Crippen LogP contribution >= 0.6 is 11.6 Å². The maximum atomic E-state index is 6.03. The number of anilines is 2. The smallest absolute Gasteiger partial charge is 0.0614 e. The number of hydrogen-bond donors (Lipinski definition) is 1. The van der Waals surface area contributed by atoms with Crippen LogP contribution in [0.5, 0.6) is 0 Å². The van der Waals surface area contributed by atoms with Crippen LogP contribution in [0.3, 0.4) is 0 Å². The first kappa shape index (κ1) is 11.6. The van der Waals surface area contributed by atoms with E-state index in [1.165, 1.54) is 12.8 Å². The van der Waals surface area contributed by atoms with Crippen molar-refractivity contribution in [2.75, 3.05) is 23.7 Å². The summed E-state index contributed by atoms with van der Waals surface area (Å²) in [5, 5.41) is 0.765. The van der Waals surface area contributed by atoms with Gasteiger partial charge in [-0.1, -0.05) is 18.5 Å². The molecule has 0 amide bonds. The average Bonchev–Trinajstić information content (AvgIpc) is 3.05. The van der Waals surface area contributed by atoms with Crippen LogP contribution < -0.4 is 10.6 Å². The van der Waals surface area contributed by atoms with Gasteiger partial charge < -0.3 is 10.6 Å². The Morgan fingerprint density at radius 3 is 2.81 bits per heavy atom. The molecule has 1 aliphatic rings. The molecule has 1 saturated carbocycles. The maximum absolute atomic E-state index is 6.03. The van der Waals surface area contributed by atoms with Crippen molar-refractivity contribution in [1.82, 2.24) is 0 Å². The summed E-state index contributed by atoms with van der Waals surface area (Å²) in [7, 11) is 0. The molecule has 0 radical (unpaired) electrons. The van der Waals surface area contributed by atoms with E-state index in [9.17, 15) is 0 Å². The molecule has 88 valence electrons. The van der Waals surface area contributed by atoms with Crippen molar-refractivity contribution in [3.05, 3.63) is 23.2 Å². The third-order valence-corrected chi connectivity index (χ3v) is 3.24. The van der Waals surface area contributed by atoms with Gasteiger partial charge in [-0.05, 0) is 43.4 Å². The maximum Gasteiger partial charge on any atom is 0.0614 e. The van der Waals surface area contributed by atoms with Gasteiger partial charge in [0.05, 0.1) is 11.4 Å². The first-order valence-corrected chi connectivity index (χ1v) is 6.38. The highest BCUT2D eigenvalue weighted by Gasteiger charge is 2.24. The molecule has 0 aliphatic heterocycles. The van der Waals surface area contributed by atoms with Gasteiger partial charge in [-0.2, -0.15) is 0 Å². The summed E-state index contributed by atoms with van der Waals surface area (Å²) in [5.41, 5.74) is 7.95. The monoisotopic (exact) mass is 238 g/mol. The minimum absolute atomic E-state index is 0.765. The summed E-state index contributed by atoms with van der Waals surface area (Å²) < 4.78 is 0. The molecule has 0 bridgehead atoms. The van der Waals surface area contributed by atoms with Crippen LogP contribution in [0.1, 0.15) is 26.2 Å². The fourth-order valence-electron chi connectivity index (χ4n) is 1.98. The lowest BCUT2D eigenvalue weighted by atomic mass is 10.2. The predicted octanol–water partition coefficient (Wildman–Crippen LogP) is 3.55. The molecule has 2 nitrogen and oxygen atoms in total. The molecule has 2 rings (SSSR count). The van der Waals surface area contributed by atoms with Gasteiger partial charge >= 0.3 is 0 Å². The molecular weight excluding hydrogens is 220 g/mol. The molecule has 1 aromatic carbocycles. The van der Waals surface area contributed by atoms with E-state index in [4.69, 9.17) is 17.3 Å². The van der Waals surface area contributed by atoms with E-state index in [0.717, 1.165) is 41.8 Å². The summed E-state index contributed by atoms with van der Waals surface area (Å²) in [4.78, 5) is 2.37. The summed E-state index contributed by atoms with van der Waals surface area (Å²) in [5.74, 6) is 0.866. The van der Waals surface area contributed by atoms with Gasteiger partial charge in [-0.25, -0.2) is 0 Å². The summed E-state index contributed by atoms with van der Waals surface area (Å²) >= 11 is 6.03. The number of halogens is 1. The molecule has 1 aliphatic carbocycles. The van der Waals surface area contributed by atoms with Gasteiger partial charge in [0.15, 0.2) is 0 Å². The molecule has 0 heterocycles. The zero-order chi connectivity index (χ0) is 11.5. The molecule has 2 N–H and O–H groups in total. The van der Waals surface area contributed by atoms with Crippen LogP contribution in [-0.2, 0) is 0 Å². The third kappa shape index (κ3) is 2.82. The number of nitrogens with two attached hydrogens (primary N) is 1. The van der Waals surface area contributed by atoms with E-state index < -0.39 is 0 Å². The van der Waals surface area contributed by atoms with Crippen LogP contribution in [-0.4, -0.2) is 13.1 Å². The molecule has 0 spiro atoms. The Balaban J connectivity index is 2.18. The molecule has 0 aromatic heterocycles. The van der Waals surface area contributed by atoms with Crippen LogP contribution in [0.25, 0.3) is 0 Å². The van der Waals surface area contributed by atoms with Crippen LogP contribution in [0.15, 0.2) is 18.2 Å². The lowest BCUT2D eigenvalue weighted by molar-refractivity contribution is 0.709. The van der Waals surface area contributed by atoms with Crippen molar-refractivity contribution in [1.29, 1.82) is 0 Å². The third-order valence-electron chi connectivity index (χ3n) is 3.00. The van der Waals surface area contributed by atoms with Gasteiger partial charge in [0.1, 0.15) is 0 Å². The number of nitrogens with zero attached hydrogens (tertiary/aromatic N) is 1. The lowest BCUT2D eigenvalue weighted by Crippen LogP contribution is -2.27. The number of nitrogen functional groups attached to an aromatic ring is 1. The molecule has 0 atom stereocenters. The van der Waals surface area contributed by atoms with Gasteiger partial charge in [0.2, 0.25) is 0 Å². The van der Waals surface area contributed by atoms with Gasteiger partial charge in [0.25, 0.3) is 0 Å². The molecule has 3 heteroatoms. The normalized spacial score (nSPS) is 15.1. The number of rotatable bonds is 5. The van der Waals surface area contributed by atoms with Crippen LogP contribution in [0.2, 0.25) is 5.02 Å². The topological polar surface area (TPSA) is 29.3 Å². The second kappa shape index (κ2) is 4.96. The predicted molar refractivity (Wildman–Crippen MR) is 71.1 cm³/mol. The SMILES string of the molecule is CCCN(CC1CC1)c1cc(Cl)ccc1N. The van der Waals surface area contributed by atoms with E-state index in [2.05, 4.69) is 11.8 Å². The Morgan fingerprint density at radius 1 is 1.44 bits per heavy atom. The van der Waals surface area contributed by atoms with Crippen LogP contribution in [0, 0.1) is 5.92 Å². The zero-order valence-corrected chi connectivity index (χ0v) is 10.5. The standard InChI is InChI=1S/C13H19ClN2/c1-2-7-16(9-10-3-4-10)13-8-11(14)5-6-12(13)15/h5-6,8,10H,2-4,7,9,15H2,1H3. The molecular formula is C13H19ClN2. The molecule has 0 saturated heterocycles. The summed E-state index contributed by atoms with van der Waals surface area (Å²) in [6.45, 7) is 4.38. The molecule has 16 heavy (non-hydrogen) atoms. The number of benzene rings is 1. The molecule has 1 fully saturated rings. The Hall–Kier alpha value is -0.890. The van der Waals surface area contributed by atoms with E-state index >= 15 is 0 Å². The minimum atomic E-state index is 0.765. The van der Waals surface area contributed by atoms with Crippen LogP contribution in [0.4, 0.5) is 11.4 Å². The average molecular weight is 239 g/mol. The molecule has 1 aromatic rings. The van der Waals surface area contributed by atoms with Gasteiger partial charge in [0, 0.05) is 18.1 Å². The zero-order valence-electron chi connectivity index (χ0n) is 9.75. The highest BCUT2D eigenvalue weighted by Crippen LogP contribution is 2.34. The Bertz CT molecular complexity index is 361. The van der Waals surface area contributed by atoms with Crippen molar-refractivity contribution in [2.45, 2.75) is 26.2 Å². The number of hydrogen-bond acceptors (Lipinski definition) is 2. The van der Waals surface area contributed by atoms with Crippen molar-refractivity contribution >= 4 is 23.0 Å². The largest absolute Gasteiger partial charge is 0.397 e. The quantitative estimate of drug-likeness (QED) is 0.795. The highest BCUT2D eigenvalue weighted by molar-refractivity contribution is 6.31. The van der Waals surface area contributed by atoms with Crippen molar-refractivity contribution < 1.29 is 0 Å². The van der Waals surface area contributed by atoms with Gasteiger partial charge in [-0.3, -0.25) is 0 Å². The summed E-state index contributed by atoms with van der Waals surface area (Å²) in [6, 6.07) is 5.73. The first-order valence-electron chi connectivity index (χ1n) is 6.00. The Morgan fingerprint density at radius 2 is 2.19 bits per heavy atom. The van der Waals surface area contributed by atoms with E-state index in [0.29, 0.717) is 0 Å². The first-order chi connectivity index (χ1) is 7.70. The van der Waals surface area contributed by atoms with Gasteiger partial charge in [-0.15, -0.1) is 0 Å². The van der Waals surface area contributed by atoms with Crippen molar-refractivity contribution in [3.8, 4) is 0 Å². The van der Waals surface area contributed by atoms with E-state index in [-0.39, 0.29) is 0 Å². The van der Waals surface area contributed by atoms with E-state index in [1.807, 2.05) is 18.2 Å². The Kier molecular flexibility index (Phi) is 3.59. The fourth-order valence-corrected chi connectivity index (χ4v) is 2.15. The minimum Gasteiger partial charge on any atom is -0.397 e.